The second kappa shape index (κ2) is 8.52. The Morgan fingerprint density at radius 3 is 2.19 bits per heavy atom. The van der Waals surface area contributed by atoms with Crippen molar-refractivity contribution in [2.24, 2.45) is 0 Å². The van der Waals surface area contributed by atoms with Crippen molar-refractivity contribution >= 4 is 79.6 Å². The SMILES string of the molecule is CC(NS(=O)(=O)c1cc(Cl)ccc1Cl)C(=O)Nc1cc(Cl)c(Cl)cc1Cl. The minimum absolute atomic E-state index is 0.0259. The summed E-state index contributed by atoms with van der Waals surface area (Å²) >= 11 is 29.4. The molecule has 2 aromatic rings. The van der Waals surface area contributed by atoms with Gasteiger partial charge in [-0.05, 0) is 37.3 Å². The number of hydrogen-bond acceptors (Lipinski definition) is 3. The van der Waals surface area contributed by atoms with Gasteiger partial charge in [0, 0.05) is 5.02 Å². The average Bonchev–Trinajstić information content (AvgIpc) is 2.54. The zero-order chi connectivity index (χ0) is 19.6. The third kappa shape index (κ3) is 5.16. The highest BCUT2D eigenvalue weighted by Crippen LogP contribution is 2.32. The number of carbonyl (C=O) groups excluding carboxylic acids is 1. The highest BCUT2D eigenvalue weighted by atomic mass is 35.5. The van der Waals surface area contributed by atoms with Gasteiger partial charge in [-0.15, -0.1) is 0 Å². The maximum absolute atomic E-state index is 12.4. The molecular formula is C15H11Cl5N2O3S. The predicted octanol–water partition coefficient (Wildman–Crippen LogP) is 5.26. The summed E-state index contributed by atoms with van der Waals surface area (Å²) in [7, 11) is -4.08. The summed E-state index contributed by atoms with van der Waals surface area (Å²) in [5, 5.41) is 3.20. The molecular weight excluding hydrogens is 466 g/mol. The molecule has 1 atom stereocenters. The number of carbonyl (C=O) groups is 1. The van der Waals surface area contributed by atoms with E-state index >= 15 is 0 Å². The molecule has 1 unspecified atom stereocenters. The van der Waals surface area contributed by atoms with Gasteiger partial charge in [0.15, 0.2) is 0 Å². The molecule has 1 amide bonds. The van der Waals surface area contributed by atoms with Crippen LogP contribution in [0.25, 0.3) is 0 Å². The molecule has 0 aromatic heterocycles. The van der Waals surface area contributed by atoms with Crippen LogP contribution in [0.1, 0.15) is 6.92 Å². The minimum Gasteiger partial charge on any atom is -0.323 e. The minimum atomic E-state index is -4.08. The lowest BCUT2D eigenvalue weighted by atomic mass is 10.3. The van der Waals surface area contributed by atoms with Gasteiger partial charge in [0.2, 0.25) is 15.9 Å². The van der Waals surface area contributed by atoms with Crippen LogP contribution in [0, 0.1) is 0 Å². The highest BCUT2D eigenvalue weighted by Gasteiger charge is 2.25. The Morgan fingerprint density at radius 2 is 1.54 bits per heavy atom. The maximum atomic E-state index is 12.4. The average molecular weight is 477 g/mol. The quantitative estimate of drug-likeness (QED) is 0.578. The molecule has 0 spiro atoms. The second-order valence-electron chi connectivity index (χ2n) is 5.15. The number of benzene rings is 2. The first-order chi connectivity index (χ1) is 12.0. The lowest BCUT2D eigenvalue weighted by Crippen LogP contribution is -2.41. The molecule has 11 heteroatoms. The number of anilines is 1. The zero-order valence-corrected chi connectivity index (χ0v) is 17.6. The largest absolute Gasteiger partial charge is 0.323 e. The normalized spacial score (nSPS) is 12.7. The molecule has 0 aliphatic rings. The number of amides is 1. The van der Waals surface area contributed by atoms with E-state index in [0.29, 0.717) is 0 Å². The maximum Gasteiger partial charge on any atom is 0.242 e. The molecule has 5 nitrogen and oxygen atoms in total. The second-order valence-corrected chi connectivity index (χ2v) is 8.90. The number of hydrogen-bond donors (Lipinski definition) is 2. The number of sulfonamides is 1. The molecule has 2 N–H and O–H groups in total. The fraction of sp³-hybridized carbons (Fsp3) is 0.133. The van der Waals surface area contributed by atoms with Crippen LogP contribution in [-0.2, 0) is 14.8 Å². The smallest absolute Gasteiger partial charge is 0.242 e. The van der Waals surface area contributed by atoms with Crippen molar-refractivity contribution in [2.75, 3.05) is 5.32 Å². The van der Waals surface area contributed by atoms with Gasteiger partial charge in [0.05, 0.1) is 31.8 Å². The molecule has 2 aromatic carbocycles. The molecule has 0 saturated carbocycles. The summed E-state index contributed by atoms with van der Waals surface area (Å²) < 4.78 is 27.1. The van der Waals surface area contributed by atoms with Crippen LogP contribution in [0.5, 0.6) is 0 Å². The predicted molar refractivity (Wildman–Crippen MR) is 106 cm³/mol. The van der Waals surface area contributed by atoms with Gasteiger partial charge in [-0.3, -0.25) is 4.79 Å². The van der Waals surface area contributed by atoms with Gasteiger partial charge in [-0.2, -0.15) is 4.72 Å². The molecule has 140 valence electrons. The number of nitrogens with one attached hydrogen (secondary N) is 2. The van der Waals surface area contributed by atoms with Crippen molar-refractivity contribution in [3.63, 3.8) is 0 Å². The summed E-state index contributed by atoms with van der Waals surface area (Å²) in [6, 6.07) is 5.57. The first-order valence-electron chi connectivity index (χ1n) is 6.94. The number of rotatable bonds is 5. The van der Waals surface area contributed by atoms with E-state index in [0.717, 1.165) is 0 Å². The third-order valence-electron chi connectivity index (χ3n) is 3.18. The van der Waals surface area contributed by atoms with Crippen LogP contribution in [0.3, 0.4) is 0 Å². The molecule has 26 heavy (non-hydrogen) atoms. The zero-order valence-electron chi connectivity index (χ0n) is 13.0. The standard InChI is InChI=1S/C15H11Cl5N2O3S/c1-7(15(23)21-13-6-11(19)10(18)5-12(13)20)22-26(24,25)14-4-8(16)2-3-9(14)17/h2-7,22H,1H3,(H,21,23). The molecule has 0 saturated heterocycles. The van der Waals surface area contributed by atoms with E-state index in [2.05, 4.69) is 10.0 Å². The monoisotopic (exact) mass is 474 g/mol. The Morgan fingerprint density at radius 1 is 0.923 bits per heavy atom. The Hall–Kier alpha value is -0.730. The van der Waals surface area contributed by atoms with Crippen molar-refractivity contribution < 1.29 is 13.2 Å². The first-order valence-corrected chi connectivity index (χ1v) is 10.3. The molecule has 0 radical (unpaired) electrons. The van der Waals surface area contributed by atoms with Crippen LogP contribution >= 0.6 is 58.0 Å². The van der Waals surface area contributed by atoms with Gasteiger partial charge in [0.1, 0.15) is 4.90 Å². The summed E-state index contributed by atoms with van der Waals surface area (Å²) in [6.07, 6.45) is 0. The molecule has 0 aliphatic heterocycles. The fourth-order valence-corrected chi connectivity index (χ4v) is 4.45. The Bertz CT molecular complexity index is 966. The Balaban J connectivity index is 2.19. The van der Waals surface area contributed by atoms with Gasteiger partial charge >= 0.3 is 0 Å². The lowest BCUT2D eigenvalue weighted by molar-refractivity contribution is -0.117. The molecule has 0 heterocycles. The van der Waals surface area contributed by atoms with Gasteiger partial charge in [0.25, 0.3) is 0 Å². The van der Waals surface area contributed by atoms with Crippen LogP contribution in [-0.4, -0.2) is 20.4 Å². The van der Waals surface area contributed by atoms with Crippen LogP contribution in [0.2, 0.25) is 25.1 Å². The topological polar surface area (TPSA) is 75.3 Å². The summed E-state index contributed by atoms with van der Waals surface area (Å²) in [5.74, 6) is -0.660. The van der Waals surface area contributed by atoms with E-state index in [1.165, 1.54) is 37.3 Å². The van der Waals surface area contributed by atoms with Crippen molar-refractivity contribution in [3.05, 3.63) is 55.4 Å². The van der Waals surface area contributed by atoms with Crippen molar-refractivity contribution in [1.82, 2.24) is 4.72 Å². The van der Waals surface area contributed by atoms with E-state index in [1.807, 2.05) is 0 Å². The Labute approximate surface area is 175 Å². The number of halogens is 5. The van der Waals surface area contributed by atoms with E-state index in [1.54, 1.807) is 0 Å². The molecule has 2 rings (SSSR count). The summed E-state index contributed by atoms with van der Waals surface area (Å²) in [6.45, 7) is 1.36. The van der Waals surface area contributed by atoms with Crippen LogP contribution in [0.15, 0.2) is 35.2 Å². The van der Waals surface area contributed by atoms with Crippen molar-refractivity contribution in [1.29, 1.82) is 0 Å². The van der Waals surface area contributed by atoms with Crippen LogP contribution in [0.4, 0.5) is 5.69 Å². The van der Waals surface area contributed by atoms with Gasteiger partial charge in [-0.25, -0.2) is 8.42 Å². The molecule has 0 fully saturated rings. The van der Waals surface area contributed by atoms with E-state index < -0.39 is 22.0 Å². The van der Waals surface area contributed by atoms with Crippen molar-refractivity contribution in [3.8, 4) is 0 Å². The summed E-state index contributed by atoms with van der Waals surface area (Å²) in [5.41, 5.74) is 0.193. The highest BCUT2D eigenvalue weighted by molar-refractivity contribution is 7.89. The van der Waals surface area contributed by atoms with E-state index in [-0.39, 0.29) is 35.7 Å². The molecule has 0 bridgehead atoms. The van der Waals surface area contributed by atoms with E-state index in [9.17, 15) is 13.2 Å². The van der Waals surface area contributed by atoms with Crippen molar-refractivity contribution in [2.45, 2.75) is 17.9 Å². The Kier molecular flexibility index (Phi) is 7.07. The lowest BCUT2D eigenvalue weighted by Gasteiger charge is -2.16. The summed E-state index contributed by atoms with van der Waals surface area (Å²) in [4.78, 5) is 12.1. The van der Waals surface area contributed by atoms with Crippen LogP contribution < -0.4 is 10.0 Å². The first kappa shape index (κ1) is 21.6. The van der Waals surface area contributed by atoms with E-state index in [4.69, 9.17) is 58.0 Å². The van der Waals surface area contributed by atoms with Gasteiger partial charge < -0.3 is 5.32 Å². The molecule has 0 aliphatic carbocycles. The fourth-order valence-electron chi connectivity index (χ4n) is 1.89. The van der Waals surface area contributed by atoms with Gasteiger partial charge in [-0.1, -0.05) is 58.0 Å². The third-order valence-corrected chi connectivity index (χ3v) is 6.47.